The van der Waals surface area contributed by atoms with Gasteiger partial charge in [-0.2, -0.15) is 0 Å². The number of piperidine rings is 1. The van der Waals surface area contributed by atoms with Gasteiger partial charge in [-0.05, 0) is 38.1 Å². The second-order valence-corrected chi connectivity index (χ2v) is 5.28. The van der Waals surface area contributed by atoms with Gasteiger partial charge in [0, 0.05) is 25.6 Å². The van der Waals surface area contributed by atoms with Crippen LogP contribution in [0.15, 0.2) is 0 Å². The Labute approximate surface area is 111 Å². The van der Waals surface area contributed by atoms with E-state index in [1.54, 1.807) is 0 Å². The number of hydrogen-bond donors (Lipinski definition) is 3. The Hall–Kier alpha value is -0.610. The molecule has 1 aliphatic heterocycles. The summed E-state index contributed by atoms with van der Waals surface area (Å²) in [7, 11) is 0. The fourth-order valence-electron chi connectivity index (χ4n) is 2.46. The standard InChI is InChI=1S/C14H28N2O2/c1-2-12(8-10-17)11-16-14(18)7-6-13-5-3-4-9-15-13/h12-13,15,17H,2-11H2,1H3,(H,16,18). The highest BCUT2D eigenvalue weighted by molar-refractivity contribution is 5.75. The molecule has 1 heterocycles. The lowest BCUT2D eigenvalue weighted by Crippen LogP contribution is -2.36. The summed E-state index contributed by atoms with van der Waals surface area (Å²) in [6.07, 6.45) is 7.10. The van der Waals surface area contributed by atoms with E-state index in [9.17, 15) is 4.79 Å². The molecule has 2 atom stereocenters. The monoisotopic (exact) mass is 256 g/mol. The zero-order valence-electron chi connectivity index (χ0n) is 11.6. The second-order valence-electron chi connectivity index (χ2n) is 5.28. The summed E-state index contributed by atoms with van der Waals surface area (Å²) >= 11 is 0. The largest absolute Gasteiger partial charge is 0.396 e. The highest BCUT2D eigenvalue weighted by Crippen LogP contribution is 2.12. The van der Waals surface area contributed by atoms with Gasteiger partial charge in [0.25, 0.3) is 0 Å². The summed E-state index contributed by atoms with van der Waals surface area (Å²) < 4.78 is 0. The summed E-state index contributed by atoms with van der Waals surface area (Å²) in [5, 5.41) is 15.3. The summed E-state index contributed by atoms with van der Waals surface area (Å²) in [6.45, 7) is 4.10. The molecule has 1 amide bonds. The first-order chi connectivity index (χ1) is 8.76. The van der Waals surface area contributed by atoms with Gasteiger partial charge in [-0.25, -0.2) is 0 Å². The third-order valence-corrected chi connectivity index (χ3v) is 3.83. The molecule has 4 nitrogen and oxygen atoms in total. The smallest absolute Gasteiger partial charge is 0.220 e. The SMILES string of the molecule is CCC(CCO)CNC(=O)CCC1CCCCN1. The average molecular weight is 256 g/mol. The molecule has 0 saturated carbocycles. The molecule has 0 aromatic rings. The Bertz CT molecular complexity index is 217. The van der Waals surface area contributed by atoms with Crippen LogP contribution in [0, 0.1) is 5.92 Å². The van der Waals surface area contributed by atoms with Crippen LogP contribution >= 0.6 is 0 Å². The van der Waals surface area contributed by atoms with Gasteiger partial charge in [0.15, 0.2) is 0 Å². The van der Waals surface area contributed by atoms with Crippen LogP contribution in [-0.4, -0.2) is 36.8 Å². The molecule has 18 heavy (non-hydrogen) atoms. The normalized spacial score (nSPS) is 21.6. The summed E-state index contributed by atoms with van der Waals surface area (Å²) in [6, 6.07) is 0.531. The molecule has 0 bridgehead atoms. The van der Waals surface area contributed by atoms with Gasteiger partial charge in [0.1, 0.15) is 0 Å². The molecule has 106 valence electrons. The fourth-order valence-corrected chi connectivity index (χ4v) is 2.46. The maximum atomic E-state index is 11.7. The van der Waals surface area contributed by atoms with Crippen LogP contribution in [0.3, 0.4) is 0 Å². The van der Waals surface area contributed by atoms with E-state index < -0.39 is 0 Å². The fraction of sp³-hybridized carbons (Fsp3) is 0.929. The van der Waals surface area contributed by atoms with Gasteiger partial charge in [0.2, 0.25) is 5.91 Å². The van der Waals surface area contributed by atoms with E-state index in [0.29, 0.717) is 24.9 Å². The number of nitrogens with one attached hydrogen (secondary N) is 2. The lowest BCUT2D eigenvalue weighted by atomic mass is 10.00. The Balaban J connectivity index is 2.08. The van der Waals surface area contributed by atoms with Crippen LogP contribution in [0.4, 0.5) is 0 Å². The molecule has 0 radical (unpaired) electrons. The van der Waals surface area contributed by atoms with E-state index in [1.807, 2.05) is 0 Å². The minimum Gasteiger partial charge on any atom is -0.396 e. The van der Waals surface area contributed by atoms with Gasteiger partial charge in [0.05, 0.1) is 0 Å². The van der Waals surface area contributed by atoms with E-state index in [2.05, 4.69) is 17.6 Å². The number of rotatable bonds is 8. The van der Waals surface area contributed by atoms with Gasteiger partial charge in [-0.15, -0.1) is 0 Å². The van der Waals surface area contributed by atoms with Gasteiger partial charge in [-0.1, -0.05) is 19.8 Å². The third kappa shape index (κ3) is 6.36. The van der Waals surface area contributed by atoms with Crippen LogP contribution in [0.1, 0.15) is 51.9 Å². The highest BCUT2D eigenvalue weighted by Gasteiger charge is 2.14. The maximum Gasteiger partial charge on any atom is 0.220 e. The topological polar surface area (TPSA) is 61.4 Å². The Kier molecular flexibility index (Phi) is 8.01. The predicted octanol–water partition coefficient (Wildman–Crippen LogP) is 1.43. The van der Waals surface area contributed by atoms with Gasteiger partial charge < -0.3 is 15.7 Å². The van der Waals surface area contributed by atoms with Crippen LogP contribution in [0.2, 0.25) is 0 Å². The van der Waals surface area contributed by atoms with Crippen molar-refractivity contribution in [3.05, 3.63) is 0 Å². The predicted molar refractivity (Wildman–Crippen MR) is 73.4 cm³/mol. The molecule has 0 aromatic heterocycles. The molecule has 0 aliphatic carbocycles. The molecule has 1 fully saturated rings. The van der Waals surface area contributed by atoms with E-state index in [1.165, 1.54) is 19.3 Å². The Morgan fingerprint density at radius 2 is 2.33 bits per heavy atom. The number of hydrogen-bond acceptors (Lipinski definition) is 3. The van der Waals surface area contributed by atoms with Crippen LogP contribution < -0.4 is 10.6 Å². The molecular weight excluding hydrogens is 228 g/mol. The first-order valence-corrected chi connectivity index (χ1v) is 7.37. The zero-order chi connectivity index (χ0) is 13.2. The van der Waals surface area contributed by atoms with Crippen molar-refractivity contribution in [3.8, 4) is 0 Å². The third-order valence-electron chi connectivity index (χ3n) is 3.83. The van der Waals surface area contributed by atoms with E-state index in [-0.39, 0.29) is 12.5 Å². The number of carbonyl (C=O) groups excluding carboxylic acids is 1. The summed E-state index contributed by atoms with van der Waals surface area (Å²) in [5.74, 6) is 0.561. The number of aliphatic hydroxyl groups excluding tert-OH is 1. The molecule has 1 aliphatic rings. The van der Waals surface area contributed by atoms with Crippen LogP contribution in [-0.2, 0) is 4.79 Å². The summed E-state index contributed by atoms with van der Waals surface area (Å²) in [5.41, 5.74) is 0. The van der Waals surface area contributed by atoms with Crippen molar-refractivity contribution in [3.63, 3.8) is 0 Å². The van der Waals surface area contributed by atoms with Crippen molar-refractivity contribution < 1.29 is 9.90 Å². The lowest BCUT2D eigenvalue weighted by molar-refractivity contribution is -0.121. The van der Waals surface area contributed by atoms with Crippen molar-refractivity contribution >= 4 is 5.91 Å². The molecule has 1 saturated heterocycles. The molecular formula is C14H28N2O2. The minimum absolute atomic E-state index is 0.152. The molecule has 0 aromatic carbocycles. The average Bonchev–Trinajstić information content (AvgIpc) is 2.42. The quantitative estimate of drug-likeness (QED) is 0.616. The van der Waals surface area contributed by atoms with E-state index >= 15 is 0 Å². The first-order valence-electron chi connectivity index (χ1n) is 7.37. The van der Waals surface area contributed by atoms with E-state index in [0.717, 1.165) is 25.8 Å². The van der Waals surface area contributed by atoms with Crippen LogP contribution in [0.5, 0.6) is 0 Å². The van der Waals surface area contributed by atoms with E-state index in [4.69, 9.17) is 5.11 Å². The second kappa shape index (κ2) is 9.34. The molecule has 2 unspecified atom stereocenters. The highest BCUT2D eigenvalue weighted by atomic mass is 16.3. The first kappa shape index (κ1) is 15.4. The van der Waals surface area contributed by atoms with Gasteiger partial charge in [-0.3, -0.25) is 4.79 Å². The summed E-state index contributed by atoms with van der Waals surface area (Å²) in [4.78, 5) is 11.7. The maximum absolute atomic E-state index is 11.7. The number of amides is 1. The van der Waals surface area contributed by atoms with Crippen molar-refractivity contribution in [2.24, 2.45) is 5.92 Å². The zero-order valence-corrected chi connectivity index (χ0v) is 11.6. The van der Waals surface area contributed by atoms with Crippen LogP contribution in [0.25, 0.3) is 0 Å². The van der Waals surface area contributed by atoms with Crippen molar-refractivity contribution in [1.82, 2.24) is 10.6 Å². The molecule has 1 rings (SSSR count). The molecule has 0 spiro atoms. The Morgan fingerprint density at radius 3 is 2.94 bits per heavy atom. The lowest BCUT2D eigenvalue weighted by Gasteiger charge is -2.23. The minimum atomic E-state index is 0.152. The molecule has 4 heteroatoms. The Morgan fingerprint density at radius 1 is 1.50 bits per heavy atom. The molecule has 3 N–H and O–H groups in total. The van der Waals surface area contributed by atoms with Gasteiger partial charge >= 0.3 is 0 Å². The van der Waals surface area contributed by atoms with Crippen molar-refractivity contribution in [2.45, 2.75) is 57.9 Å². The number of carbonyl (C=O) groups is 1. The van der Waals surface area contributed by atoms with Crippen molar-refractivity contribution in [2.75, 3.05) is 19.7 Å². The van der Waals surface area contributed by atoms with Crippen molar-refractivity contribution in [1.29, 1.82) is 0 Å². The number of aliphatic hydroxyl groups is 1.